The second-order valence-electron chi connectivity index (χ2n) is 6.89. The molecule has 0 aromatic carbocycles. The van der Waals surface area contributed by atoms with E-state index in [9.17, 15) is 4.57 Å². The lowest BCUT2D eigenvalue weighted by molar-refractivity contribution is 0.273. The molecule has 0 rings (SSSR count). The predicted octanol–water partition coefficient (Wildman–Crippen LogP) is 6.50. The Morgan fingerprint density at radius 2 is 1.09 bits per heavy atom. The summed E-state index contributed by atoms with van der Waals surface area (Å²) in [4.78, 5) is 8.50. The molecule has 1 N–H and O–H groups in total. The van der Waals surface area contributed by atoms with Gasteiger partial charge in [-0.05, 0) is 12.3 Å². The minimum Gasteiger partial charge on any atom is -0.326 e. The SMILES string of the molecule is CC(C)CCCCCCCCCCCCCCCO[PH](=O)O. The summed E-state index contributed by atoms with van der Waals surface area (Å²) in [6.45, 7) is 5.06. The van der Waals surface area contributed by atoms with Crippen molar-refractivity contribution >= 4 is 8.25 Å². The molecule has 0 aromatic heterocycles. The average Bonchev–Trinajstić information content (AvgIpc) is 2.46. The van der Waals surface area contributed by atoms with Gasteiger partial charge >= 0.3 is 8.25 Å². The van der Waals surface area contributed by atoms with E-state index < -0.39 is 8.25 Å². The first-order chi connectivity index (χ1) is 10.6. The Bertz CT molecular complexity index is 244. The Morgan fingerprint density at radius 3 is 1.45 bits per heavy atom. The predicted molar refractivity (Wildman–Crippen MR) is 96.6 cm³/mol. The first kappa shape index (κ1) is 22.1. The van der Waals surface area contributed by atoms with Gasteiger partial charge < -0.3 is 9.42 Å². The van der Waals surface area contributed by atoms with Crippen LogP contribution >= 0.6 is 8.25 Å². The fourth-order valence-corrected chi connectivity index (χ4v) is 3.08. The van der Waals surface area contributed by atoms with Crippen LogP contribution in [0.4, 0.5) is 0 Å². The summed E-state index contributed by atoms with van der Waals surface area (Å²) in [7, 11) is -2.71. The largest absolute Gasteiger partial charge is 0.326 e. The summed E-state index contributed by atoms with van der Waals surface area (Å²) >= 11 is 0. The van der Waals surface area contributed by atoms with Crippen LogP contribution in [-0.4, -0.2) is 11.5 Å². The average molecular weight is 334 g/mol. The molecule has 0 radical (unpaired) electrons. The van der Waals surface area contributed by atoms with Crippen LogP contribution in [0.25, 0.3) is 0 Å². The van der Waals surface area contributed by atoms with Crippen LogP contribution < -0.4 is 0 Å². The van der Waals surface area contributed by atoms with E-state index in [-0.39, 0.29) is 0 Å². The molecule has 0 aliphatic carbocycles. The number of rotatable bonds is 17. The molecule has 1 atom stereocenters. The van der Waals surface area contributed by atoms with Gasteiger partial charge in [-0.25, -0.2) is 0 Å². The topological polar surface area (TPSA) is 46.5 Å². The Balaban J connectivity index is 2.98. The van der Waals surface area contributed by atoms with Crippen molar-refractivity contribution in [3.05, 3.63) is 0 Å². The molecule has 0 heterocycles. The molecule has 0 amide bonds. The van der Waals surface area contributed by atoms with Gasteiger partial charge in [0.2, 0.25) is 0 Å². The first-order valence-electron chi connectivity index (χ1n) is 9.48. The highest BCUT2D eigenvalue weighted by Gasteiger charge is 1.96. The van der Waals surface area contributed by atoms with Crippen molar-refractivity contribution in [2.24, 2.45) is 5.92 Å². The minimum absolute atomic E-state index is 0.436. The maximum atomic E-state index is 10.3. The van der Waals surface area contributed by atoms with Crippen molar-refractivity contribution in [1.82, 2.24) is 0 Å². The van der Waals surface area contributed by atoms with E-state index in [1.807, 2.05) is 0 Å². The van der Waals surface area contributed by atoms with Crippen molar-refractivity contribution in [2.45, 2.75) is 104 Å². The second-order valence-corrected chi connectivity index (χ2v) is 7.71. The van der Waals surface area contributed by atoms with Gasteiger partial charge in [0.25, 0.3) is 0 Å². The molecule has 0 aliphatic rings. The zero-order valence-electron chi connectivity index (χ0n) is 14.9. The Labute approximate surface area is 139 Å². The molecule has 0 aliphatic heterocycles. The van der Waals surface area contributed by atoms with Crippen LogP contribution in [0.1, 0.15) is 104 Å². The van der Waals surface area contributed by atoms with E-state index in [0.717, 1.165) is 18.8 Å². The van der Waals surface area contributed by atoms with E-state index in [2.05, 4.69) is 18.4 Å². The molecular formula is C18H39O3P. The third-order valence-electron chi connectivity index (χ3n) is 4.15. The van der Waals surface area contributed by atoms with Gasteiger partial charge in [-0.1, -0.05) is 97.3 Å². The minimum atomic E-state index is -2.71. The van der Waals surface area contributed by atoms with Crippen molar-refractivity contribution in [1.29, 1.82) is 0 Å². The lowest BCUT2D eigenvalue weighted by Crippen LogP contribution is -1.88. The van der Waals surface area contributed by atoms with Crippen LogP contribution in [-0.2, 0) is 9.09 Å². The van der Waals surface area contributed by atoms with E-state index in [4.69, 9.17) is 4.89 Å². The van der Waals surface area contributed by atoms with Crippen molar-refractivity contribution < 1.29 is 14.0 Å². The van der Waals surface area contributed by atoms with Gasteiger partial charge in [0, 0.05) is 0 Å². The zero-order chi connectivity index (χ0) is 16.5. The van der Waals surface area contributed by atoms with Crippen molar-refractivity contribution in [3.8, 4) is 0 Å². The fraction of sp³-hybridized carbons (Fsp3) is 1.00. The highest BCUT2D eigenvalue weighted by atomic mass is 31.1. The Morgan fingerprint density at radius 1 is 0.727 bits per heavy atom. The highest BCUT2D eigenvalue weighted by Crippen LogP contribution is 2.16. The maximum absolute atomic E-state index is 10.3. The summed E-state index contributed by atoms with van der Waals surface area (Å²) in [5.74, 6) is 0.868. The van der Waals surface area contributed by atoms with Gasteiger partial charge in [-0.3, -0.25) is 4.57 Å². The normalized spacial score (nSPS) is 12.9. The quantitative estimate of drug-likeness (QED) is 0.244. The molecule has 0 fully saturated rings. The van der Waals surface area contributed by atoms with Crippen LogP contribution in [0.15, 0.2) is 0 Å². The van der Waals surface area contributed by atoms with Crippen LogP contribution in [0.2, 0.25) is 0 Å². The first-order valence-corrected chi connectivity index (χ1v) is 10.7. The zero-order valence-corrected chi connectivity index (χ0v) is 15.9. The summed E-state index contributed by atoms with van der Waals surface area (Å²) in [5.41, 5.74) is 0. The summed E-state index contributed by atoms with van der Waals surface area (Å²) < 4.78 is 15.0. The number of hydrogen-bond acceptors (Lipinski definition) is 2. The van der Waals surface area contributed by atoms with Crippen LogP contribution in [0.3, 0.4) is 0 Å². The lowest BCUT2D eigenvalue weighted by atomic mass is 10.0. The van der Waals surface area contributed by atoms with Gasteiger partial charge in [0.15, 0.2) is 0 Å². The molecular weight excluding hydrogens is 295 g/mol. The van der Waals surface area contributed by atoms with Crippen LogP contribution in [0, 0.1) is 5.92 Å². The molecule has 0 bridgehead atoms. The number of hydrogen-bond donors (Lipinski definition) is 1. The smallest absolute Gasteiger partial charge is 0.316 e. The van der Waals surface area contributed by atoms with Crippen molar-refractivity contribution in [2.75, 3.05) is 6.61 Å². The maximum Gasteiger partial charge on any atom is 0.316 e. The molecule has 0 aromatic rings. The molecule has 1 unspecified atom stereocenters. The highest BCUT2D eigenvalue weighted by molar-refractivity contribution is 7.32. The third kappa shape index (κ3) is 20.1. The Kier molecular flexibility index (Phi) is 17.6. The van der Waals surface area contributed by atoms with Gasteiger partial charge in [-0.15, -0.1) is 0 Å². The van der Waals surface area contributed by atoms with Crippen molar-refractivity contribution in [3.63, 3.8) is 0 Å². The lowest BCUT2D eigenvalue weighted by Gasteiger charge is -2.05. The second kappa shape index (κ2) is 17.5. The molecule has 0 saturated carbocycles. The molecule has 0 saturated heterocycles. The third-order valence-corrected chi connectivity index (χ3v) is 4.60. The van der Waals surface area contributed by atoms with Gasteiger partial charge in [-0.2, -0.15) is 0 Å². The standard InChI is InChI=1S/C18H39O3P/c1-18(2)16-14-12-10-8-6-4-3-5-7-9-11-13-15-17-21-22(19)20/h18,22H,3-17H2,1-2H3,(H,19,20). The monoisotopic (exact) mass is 334 g/mol. The van der Waals surface area contributed by atoms with E-state index in [1.54, 1.807) is 0 Å². The summed E-state index contributed by atoms with van der Waals surface area (Å²) in [5, 5.41) is 0. The Hall–Kier alpha value is 0.150. The van der Waals surface area contributed by atoms with Gasteiger partial charge in [0.1, 0.15) is 0 Å². The number of unbranched alkanes of at least 4 members (excludes halogenated alkanes) is 12. The summed E-state index contributed by atoms with van der Waals surface area (Å²) in [6.07, 6.45) is 18.6. The fourth-order valence-electron chi connectivity index (χ4n) is 2.76. The van der Waals surface area contributed by atoms with E-state index in [1.165, 1.54) is 77.0 Å². The van der Waals surface area contributed by atoms with Crippen LogP contribution in [0.5, 0.6) is 0 Å². The van der Waals surface area contributed by atoms with E-state index in [0.29, 0.717) is 6.61 Å². The molecule has 3 nitrogen and oxygen atoms in total. The molecule has 4 heteroatoms. The van der Waals surface area contributed by atoms with E-state index >= 15 is 0 Å². The molecule has 22 heavy (non-hydrogen) atoms. The summed E-state index contributed by atoms with van der Waals surface area (Å²) in [6, 6.07) is 0. The molecule has 0 spiro atoms. The van der Waals surface area contributed by atoms with Gasteiger partial charge in [0.05, 0.1) is 6.61 Å². The molecule has 134 valence electrons.